The predicted molar refractivity (Wildman–Crippen MR) is 69.2 cm³/mol. The molecule has 1 aliphatic heterocycles. The Morgan fingerprint density at radius 2 is 2.53 bits per heavy atom. The highest BCUT2D eigenvalue weighted by molar-refractivity contribution is 7.09. The molecule has 0 saturated carbocycles. The lowest BCUT2D eigenvalue weighted by Gasteiger charge is -2.33. The smallest absolute Gasteiger partial charge is 0.237 e. The second kappa shape index (κ2) is 5.80. The topological polar surface area (TPSA) is 45.2 Å². The van der Waals surface area contributed by atoms with Gasteiger partial charge in [-0.05, 0) is 6.42 Å². The zero-order valence-electron chi connectivity index (χ0n) is 9.78. The van der Waals surface area contributed by atoms with Gasteiger partial charge in [0.15, 0.2) is 0 Å². The van der Waals surface area contributed by atoms with E-state index < -0.39 is 0 Å². The summed E-state index contributed by atoms with van der Waals surface area (Å²) in [5, 5.41) is 5.91. The second-order valence-electron chi connectivity index (χ2n) is 4.05. The lowest BCUT2D eigenvalue weighted by atomic mass is 10.1. The van der Waals surface area contributed by atoms with E-state index in [0.29, 0.717) is 5.88 Å². The molecule has 0 aliphatic carbocycles. The van der Waals surface area contributed by atoms with Crippen molar-refractivity contribution in [3.8, 4) is 0 Å². The molecular weight excluding hydrogens is 258 g/mol. The standard InChI is InChI=1S/C11H16ClN3OS/c1-2-9-11(16)13-3-4-15(9)6-10-14-8(5-12)7-17-10/h7,9H,2-6H2,1H3,(H,13,16). The van der Waals surface area contributed by atoms with Gasteiger partial charge in [0.05, 0.1) is 24.2 Å². The van der Waals surface area contributed by atoms with Crippen LogP contribution in [0.1, 0.15) is 24.0 Å². The fourth-order valence-corrected chi connectivity index (χ4v) is 3.10. The molecule has 1 saturated heterocycles. The van der Waals surface area contributed by atoms with E-state index in [9.17, 15) is 4.79 Å². The van der Waals surface area contributed by atoms with Crippen LogP contribution in [0.25, 0.3) is 0 Å². The van der Waals surface area contributed by atoms with Crippen LogP contribution in [0.4, 0.5) is 0 Å². The van der Waals surface area contributed by atoms with E-state index in [2.05, 4.69) is 15.2 Å². The minimum Gasteiger partial charge on any atom is -0.353 e. The summed E-state index contributed by atoms with van der Waals surface area (Å²) in [6.45, 7) is 4.39. The van der Waals surface area contributed by atoms with E-state index in [0.717, 1.165) is 36.8 Å². The Balaban J connectivity index is 2.03. The molecule has 2 rings (SSSR count). The molecule has 1 fully saturated rings. The van der Waals surface area contributed by atoms with Crippen LogP contribution in [-0.2, 0) is 17.2 Å². The van der Waals surface area contributed by atoms with Crippen LogP contribution in [0, 0.1) is 0 Å². The van der Waals surface area contributed by atoms with Crippen LogP contribution in [0.3, 0.4) is 0 Å². The highest BCUT2D eigenvalue weighted by atomic mass is 35.5. The van der Waals surface area contributed by atoms with Crippen molar-refractivity contribution < 1.29 is 4.79 Å². The SMILES string of the molecule is CCC1C(=O)NCCN1Cc1nc(CCl)cs1. The molecular formula is C11H16ClN3OS. The highest BCUT2D eigenvalue weighted by Gasteiger charge is 2.28. The first-order chi connectivity index (χ1) is 8.24. The highest BCUT2D eigenvalue weighted by Crippen LogP contribution is 2.17. The van der Waals surface area contributed by atoms with E-state index in [4.69, 9.17) is 11.6 Å². The molecule has 1 unspecified atom stereocenters. The molecule has 0 spiro atoms. The third-order valence-electron chi connectivity index (χ3n) is 2.90. The van der Waals surface area contributed by atoms with Gasteiger partial charge in [0.1, 0.15) is 5.01 Å². The molecule has 0 bridgehead atoms. The largest absolute Gasteiger partial charge is 0.353 e. The van der Waals surface area contributed by atoms with Gasteiger partial charge in [-0.2, -0.15) is 0 Å². The number of thiazole rings is 1. The summed E-state index contributed by atoms with van der Waals surface area (Å²) in [6, 6.07) is -0.0212. The molecule has 1 N–H and O–H groups in total. The van der Waals surface area contributed by atoms with Crippen LogP contribution in [0.15, 0.2) is 5.38 Å². The molecule has 0 aromatic carbocycles. The van der Waals surface area contributed by atoms with Crippen molar-refractivity contribution >= 4 is 28.8 Å². The molecule has 1 aromatic heterocycles. The average molecular weight is 274 g/mol. The predicted octanol–water partition coefficient (Wildman–Crippen LogP) is 1.59. The van der Waals surface area contributed by atoms with Gasteiger partial charge in [-0.15, -0.1) is 22.9 Å². The van der Waals surface area contributed by atoms with Gasteiger partial charge in [-0.3, -0.25) is 9.69 Å². The molecule has 4 nitrogen and oxygen atoms in total. The number of piperazine rings is 1. The first kappa shape index (κ1) is 12.8. The molecule has 2 heterocycles. The van der Waals surface area contributed by atoms with Gasteiger partial charge >= 0.3 is 0 Å². The fraction of sp³-hybridized carbons (Fsp3) is 0.636. The minimum absolute atomic E-state index is 0.0212. The summed E-state index contributed by atoms with van der Waals surface area (Å²) in [6.07, 6.45) is 0.833. The van der Waals surface area contributed by atoms with Crippen LogP contribution >= 0.6 is 22.9 Å². The Kier molecular flexibility index (Phi) is 4.36. The first-order valence-electron chi connectivity index (χ1n) is 5.75. The number of amides is 1. The number of hydrogen-bond donors (Lipinski definition) is 1. The van der Waals surface area contributed by atoms with Crippen molar-refractivity contribution in [3.63, 3.8) is 0 Å². The normalized spacial score (nSPS) is 21.5. The number of rotatable bonds is 4. The Hall–Kier alpha value is -0.650. The summed E-state index contributed by atoms with van der Waals surface area (Å²) < 4.78 is 0. The second-order valence-corrected chi connectivity index (χ2v) is 5.26. The summed E-state index contributed by atoms with van der Waals surface area (Å²) in [7, 11) is 0. The maximum atomic E-state index is 11.7. The van der Waals surface area contributed by atoms with E-state index in [1.54, 1.807) is 11.3 Å². The van der Waals surface area contributed by atoms with Gasteiger partial charge in [-0.25, -0.2) is 4.98 Å². The van der Waals surface area contributed by atoms with E-state index in [1.165, 1.54) is 0 Å². The number of alkyl halides is 1. The summed E-state index contributed by atoms with van der Waals surface area (Å²) in [5.74, 6) is 0.585. The van der Waals surface area contributed by atoms with Crippen LogP contribution in [-0.4, -0.2) is 34.9 Å². The van der Waals surface area contributed by atoms with Gasteiger partial charge in [0.25, 0.3) is 0 Å². The van der Waals surface area contributed by atoms with Crippen LogP contribution in [0.2, 0.25) is 0 Å². The molecule has 1 amide bonds. The van der Waals surface area contributed by atoms with Crippen molar-refractivity contribution in [3.05, 3.63) is 16.1 Å². The Bertz CT molecular complexity index is 396. The van der Waals surface area contributed by atoms with E-state index in [1.807, 2.05) is 12.3 Å². The molecule has 17 heavy (non-hydrogen) atoms. The third-order valence-corrected chi connectivity index (χ3v) is 4.06. The lowest BCUT2D eigenvalue weighted by Crippen LogP contribution is -2.54. The molecule has 0 radical (unpaired) electrons. The van der Waals surface area contributed by atoms with Crippen LogP contribution in [0.5, 0.6) is 0 Å². The van der Waals surface area contributed by atoms with Crippen LogP contribution < -0.4 is 5.32 Å². The number of nitrogens with one attached hydrogen (secondary N) is 1. The maximum Gasteiger partial charge on any atom is 0.237 e. The number of carbonyl (C=O) groups is 1. The van der Waals surface area contributed by atoms with E-state index >= 15 is 0 Å². The molecule has 1 atom stereocenters. The molecule has 1 aliphatic rings. The maximum absolute atomic E-state index is 11.7. The minimum atomic E-state index is -0.0212. The third kappa shape index (κ3) is 2.97. The monoisotopic (exact) mass is 273 g/mol. The molecule has 6 heteroatoms. The zero-order valence-corrected chi connectivity index (χ0v) is 11.4. The Morgan fingerprint density at radius 3 is 3.18 bits per heavy atom. The first-order valence-corrected chi connectivity index (χ1v) is 7.17. The van der Waals surface area contributed by atoms with E-state index in [-0.39, 0.29) is 11.9 Å². The number of halogens is 1. The Morgan fingerprint density at radius 1 is 1.71 bits per heavy atom. The van der Waals surface area contributed by atoms with Crippen molar-refractivity contribution in [2.75, 3.05) is 13.1 Å². The summed E-state index contributed by atoms with van der Waals surface area (Å²) in [5.41, 5.74) is 0.918. The van der Waals surface area contributed by atoms with Gasteiger partial charge < -0.3 is 5.32 Å². The molecule has 1 aromatic rings. The summed E-state index contributed by atoms with van der Waals surface area (Å²) in [4.78, 5) is 18.3. The fourth-order valence-electron chi connectivity index (χ4n) is 2.05. The lowest BCUT2D eigenvalue weighted by molar-refractivity contribution is -0.129. The Labute approximate surface area is 110 Å². The molecule has 94 valence electrons. The van der Waals surface area contributed by atoms with Crippen molar-refractivity contribution in [2.45, 2.75) is 31.8 Å². The average Bonchev–Trinajstić information content (AvgIpc) is 2.77. The number of nitrogens with zero attached hydrogens (tertiary/aromatic N) is 2. The van der Waals surface area contributed by atoms with Crippen molar-refractivity contribution in [1.29, 1.82) is 0 Å². The van der Waals surface area contributed by atoms with Crippen molar-refractivity contribution in [1.82, 2.24) is 15.2 Å². The van der Waals surface area contributed by atoms with Crippen molar-refractivity contribution in [2.24, 2.45) is 0 Å². The van der Waals surface area contributed by atoms with Gasteiger partial charge in [0.2, 0.25) is 5.91 Å². The van der Waals surface area contributed by atoms with Gasteiger partial charge in [0, 0.05) is 18.5 Å². The van der Waals surface area contributed by atoms with Gasteiger partial charge in [-0.1, -0.05) is 6.92 Å². The zero-order chi connectivity index (χ0) is 12.3. The number of aromatic nitrogens is 1. The number of hydrogen-bond acceptors (Lipinski definition) is 4. The summed E-state index contributed by atoms with van der Waals surface area (Å²) >= 11 is 7.34. The number of carbonyl (C=O) groups excluding carboxylic acids is 1. The quantitative estimate of drug-likeness (QED) is 0.848.